The Kier molecular flexibility index (Phi) is 5.04. The van der Waals surface area contributed by atoms with Crippen LogP contribution in [0.3, 0.4) is 0 Å². The average molecular weight is 366 g/mol. The summed E-state index contributed by atoms with van der Waals surface area (Å²) >= 11 is 0. The number of hydrogen-bond donors (Lipinski definition) is 0. The average Bonchev–Trinajstić information content (AvgIpc) is 2.93. The van der Waals surface area contributed by atoms with Crippen LogP contribution in [0.5, 0.6) is 0 Å². The van der Waals surface area contributed by atoms with E-state index in [-0.39, 0.29) is 5.91 Å². The van der Waals surface area contributed by atoms with Crippen LogP contribution in [0.1, 0.15) is 27.3 Å². The van der Waals surface area contributed by atoms with Crippen LogP contribution in [-0.2, 0) is 19.8 Å². The molecule has 0 bridgehead atoms. The van der Waals surface area contributed by atoms with Crippen LogP contribution in [-0.4, -0.2) is 51.7 Å². The van der Waals surface area contributed by atoms with Crippen molar-refractivity contribution in [3.63, 3.8) is 0 Å². The van der Waals surface area contributed by atoms with Crippen molar-refractivity contribution in [2.24, 2.45) is 7.05 Å². The van der Waals surface area contributed by atoms with Gasteiger partial charge in [0.25, 0.3) is 5.91 Å². The number of rotatable bonds is 3. The molecular formula is C18H21F3N4O. The van der Waals surface area contributed by atoms with E-state index in [1.807, 2.05) is 6.92 Å². The first kappa shape index (κ1) is 18.4. The van der Waals surface area contributed by atoms with E-state index in [0.717, 1.165) is 11.8 Å². The molecule has 0 aliphatic carbocycles. The van der Waals surface area contributed by atoms with Crippen LogP contribution < -0.4 is 0 Å². The number of benzene rings is 1. The molecule has 0 atom stereocenters. The highest BCUT2D eigenvalue weighted by Crippen LogP contribution is 2.29. The van der Waals surface area contributed by atoms with Gasteiger partial charge in [0.2, 0.25) is 0 Å². The first-order chi connectivity index (χ1) is 12.2. The molecule has 1 aromatic heterocycles. The summed E-state index contributed by atoms with van der Waals surface area (Å²) in [6, 6.07) is 7.16. The predicted molar refractivity (Wildman–Crippen MR) is 90.6 cm³/mol. The molecule has 2 heterocycles. The molecule has 1 aromatic carbocycles. The molecule has 0 saturated carbocycles. The third-order valence-electron chi connectivity index (χ3n) is 4.54. The number of amides is 1. The van der Waals surface area contributed by atoms with E-state index in [9.17, 15) is 18.0 Å². The van der Waals surface area contributed by atoms with Crippen molar-refractivity contribution in [1.82, 2.24) is 19.6 Å². The molecule has 3 rings (SSSR count). The van der Waals surface area contributed by atoms with Crippen molar-refractivity contribution in [3.8, 4) is 0 Å². The number of carbonyl (C=O) groups is 1. The number of carbonyl (C=O) groups excluding carboxylic acids is 1. The van der Waals surface area contributed by atoms with Gasteiger partial charge in [-0.25, -0.2) is 0 Å². The maximum atomic E-state index is 12.8. The summed E-state index contributed by atoms with van der Waals surface area (Å²) in [6.07, 6.45) is -4.33. The summed E-state index contributed by atoms with van der Waals surface area (Å²) < 4.78 is 40.0. The summed E-state index contributed by atoms with van der Waals surface area (Å²) in [5.41, 5.74) is 1.34. The molecular weight excluding hydrogens is 345 g/mol. The van der Waals surface area contributed by atoms with Gasteiger partial charge in [0.15, 0.2) is 0 Å². The summed E-state index contributed by atoms with van der Waals surface area (Å²) in [6.45, 7) is 4.61. The van der Waals surface area contributed by atoms with Crippen molar-refractivity contribution in [1.29, 1.82) is 0 Å². The Bertz CT molecular complexity index is 792. The minimum Gasteiger partial charge on any atom is -0.335 e. The highest BCUT2D eigenvalue weighted by atomic mass is 19.4. The second kappa shape index (κ2) is 7.11. The van der Waals surface area contributed by atoms with Gasteiger partial charge in [-0.05, 0) is 24.6 Å². The van der Waals surface area contributed by atoms with Crippen molar-refractivity contribution in [3.05, 3.63) is 52.8 Å². The second-order valence-corrected chi connectivity index (χ2v) is 6.56. The van der Waals surface area contributed by atoms with Gasteiger partial charge < -0.3 is 4.90 Å². The van der Waals surface area contributed by atoms with Gasteiger partial charge in [0, 0.05) is 39.8 Å². The topological polar surface area (TPSA) is 41.4 Å². The zero-order chi connectivity index (χ0) is 18.9. The Labute approximate surface area is 150 Å². The van der Waals surface area contributed by atoms with E-state index < -0.39 is 11.7 Å². The van der Waals surface area contributed by atoms with Gasteiger partial charge in [-0.15, -0.1) is 0 Å². The van der Waals surface area contributed by atoms with Crippen molar-refractivity contribution in [2.45, 2.75) is 19.6 Å². The molecule has 0 spiro atoms. The Morgan fingerprint density at radius 1 is 1.15 bits per heavy atom. The Morgan fingerprint density at radius 3 is 2.42 bits per heavy atom. The molecule has 8 heteroatoms. The van der Waals surface area contributed by atoms with E-state index in [0.29, 0.717) is 44.0 Å². The standard InChI is InChI=1S/C18H21F3N4O/c1-13-10-16(23(2)22-13)17(26)25-8-6-24(7-9-25)12-14-4-3-5-15(11-14)18(19,20)21/h3-5,10-11H,6-9,12H2,1-2H3. The van der Waals surface area contributed by atoms with Gasteiger partial charge in [0.1, 0.15) is 5.69 Å². The zero-order valence-corrected chi connectivity index (χ0v) is 14.8. The van der Waals surface area contributed by atoms with Crippen LogP contribution in [0.4, 0.5) is 13.2 Å². The summed E-state index contributed by atoms with van der Waals surface area (Å²) in [4.78, 5) is 16.4. The fourth-order valence-electron chi connectivity index (χ4n) is 3.19. The Morgan fingerprint density at radius 2 is 1.85 bits per heavy atom. The molecule has 1 fully saturated rings. The number of piperazine rings is 1. The molecule has 2 aromatic rings. The molecule has 0 N–H and O–H groups in total. The smallest absolute Gasteiger partial charge is 0.335 e. The summed E-state index contributed by atoms with van der Waals surface area (Å²) in [7, 11) is 1.74. The molecule has 1 aliphatic heterocycles. The largest absolute Gasteiger partial charge is 0.416 e. The number of aromatic nitrogens is 2. The van der Waals surface area contributed by atoms with Gasteiger partial charge in [-0.3, -0.25) is 14.4 Å². The third kappa shape index (κ3) is 4.07. The minimum absolute atomic E-state index is 0.0631. The number of nitrogens with zero attached hydrogens (tertiary/aromatic N) is 4. The molecule has 0 radical (unpaired) electrons. The fraction of sp³-hybridized carbons (Fsp3) is 0.444. The van der Waals surface area contributed by atoms with Crippen molar-refractivity contribution >= 4 is 5.91 Å². The molecule has 0 unspecified atom stereocenters. The lowest BCUT2D eigenvalue weighted by Crippen LogP contribution is -2.48. The van der Waals surface area contributed by atoms with Crippen molar-refractivity contribution in [2.75, 3.05) is 26.2 Å². The SMILES string of the molecule is Cc1cc(C(=O)N2CCN(Cc3cccc(C(F)(F)F)c3)CC2)n(C)n1. The van der Waals surface area contributed by atoms with E-state index in [1.165, 1.54) is 12.1 Å². The quantitative estimate of drug-likeness (QED) is 0.839. The van der Waals surface area contributed by atoms with E-state index in [1.54, 1.807) is 28.8 Å². The summed E-state index contributed by atoms with van der Waals surface area (Å²) in [5.74, 6) is -0.0631. The lowest BCUT2D eigenvalue weighted by Gasteiger charge is -2.34. The van der Waals surface area contributed by atoms with Crippen LogP contribution in [0.25, 0.3) is 0 Å². The van der Waals surface area contributed by atoms with Crippen LogP contribution in [0.2, 0.25) is 0 Å². The van der Waals surface area contributed by atoms with E-state index >= 15 is 0 Å². The Hall–Kier alpha value is -2.35. The highest BCUT2D eigenvalue weighted by Gasteiger charge is 2.30. The first-order valence-corrected chi connectivity index (χ1v) is 8.42. The zero-order valence-electron chi connectivity index (χ0n) is 14.8. The summed E-state index contributed by atoms with van der Waals surface area (Å²) in [5, 5.41) is 4.19. The minimum atomic E-state index is -4.33. The Balaban J connectivity index is 1.59. The number of hydrogen-bond acceptors (Lipinski definition) is 3. The maximum Gasteiger partial charge on any atom is 0.416 e. The van der Waals surface area contributed by atoms with E-state index in [4.69, 9.17) is 0 Å². The molecule has 1 amide bonds. The van der Waals surface area contributed by atoms with Crippen LogP contribution in [0, 0.1) is 6.92 Å². The second-order valence-electron chi connectivity index (χ2n) is 6.56. The van der Waals surface area contributed by atoms with Gasteiger partial charge in [-0.1, -0.05) is 18.2 Å². The van der Waals surface area contributed by atoms with Crippen LogP contribution >= 0.6 is 0 Å². The highest BCUT2D eigenvalue weighted by molar-refractivity contribution is 5.92. The molecule has 1 saturated heterocycles. The fourth-order valence-corrected chi connectivity index (χ4v) is 3.19. The molecule has 140 valence electrons. The van der Waals surface area contributed by atoms with E-state index in [2.05, 4.69) is 10.00 Å². The van der Waals surface area contributed by atoms with Gasteiger partial charge in [-0.2, -0.15) is 18.3 Å². The van der Waals surface area contributed by atoms with Crippen molar-refractivity contribution < 1.29 is 18.0 Å². The third-order valence-corrected chi connectivity index (χ3v) is 4.54. The first-order valence-electron chi connectivity index (χ1n) is 8.42. The van der Waals surface area contributed by atoms with Crippen LogP contribution in [0.15, 0.2) is 30.3 Å². The monoisotopic (exact) mass is 366 g/mol. The lowest BCUT2D eigenvalue weighted by molar-refractivity contribution is -0.137. The predicted octanol–water partition coefficient (Wildman–Crippen LogP) is 2.71. The number of aryl methyl sites for hydroxylation is 2. The van der Waals surface area contributed by atoms with Gasteiger partial charge in [0.05, 0.1) is 11.3 Å². The number of alkyl halides is 3. The maximum absolute atomic E-state index is 12.8. The lowest BCUT2D eigenvalue weighted by atomic mass is 10.1. The normalized spacial score (nSPS) is 16.1. The molecule has 1 aliphatic rings. The van der Waals surface area contributed by atoms with Gasteiger partial charge >= 0.3 is 6.18 Å². The number of halogens is 3. The molecule has 5 nitrogen and oxygen atoms in total. The molecule has 26 heavy (non-hydrogen) atoms.